The van der Waals surface area contributed by atoms with Crippen molar-refractivity contribution in [3.8, 4) is 11.3 Å². The Morgan fingerprint density at radius 1 is 1.43 bits per heavy atom. The van der Waals surface area contributed by atoms with Crippen molar-refractivity contribution in [3.05, 3.63) is 41.8 Å². The minimum atomic E-state index is -0.289. The van der Waals surface area contributed by atoms with Gasteiger partial charge in [0.2, 0.25) is 0 Å². The van der Waals surface area contributed by atoms with Gasteiger partial charge >= 0.3 is 0 Å². The first-order chi connectivity index (χ1) is 10.7. The number of aromatic nitrogens is 2. The van der Waals surface area contributed by atoms with E-state index in [2.05, 4.69) is 15.5 Å². The van der Waals surface area contributed by atoms with Gasteiger partial charge in [-0.15, -0.1) is 12.4 Å². The Bertz CT molecular complexity index is 658. The Labute approximate surface area is 140 Å². The van der Waals surface area contributed by atoms with Crippen molar-refractivity contribution in [1.82, 2.24) is 20.4 Å². The van der Waals surface area contributed by atoms with Crippen LogP contribution in [0.3, 0.4) is 0 Å². The molecule has 1 unspecified atom stereocenters. The fourth-order valence-electron chi connectivity index (χ4n) is 2.84. The van der Waals surface area contributed by atoms with E-state index >= 15 is 0 Å². The van der Waals surface area contributed by atoms with Crippen molar-refractivity contribution >= 4 is 18.3 Å². The number of H-pyrrole nitrogens is 1. The third-order valence-electron chi connectivity index (χ3n) is 4.01. The molecule has 3 rings (SSSR count). The van der Waals surface area contributed by atoms with Gasteiger partial charge in [0.1, 0.15) is 11.5 Å². The molecule has 7 heteroatoms. The molecule has 1 aromatic carbocycles. The summed E-state index contributed by atoms with van der Waals surface area (Å²) in [6.45, 7) is 2.47. The molecular weight excluding hydrogens is 319 g/mol. The summed E-state index contributed by atoms with van der Waals surface area (Å²) in [5, 5.41) is 10.1. The van der Waals surface area contributed by atoms with Crippen LogP contribution in [0.4, 0.5) is 4.39 Å². The average Bonchev–Trinajstić information content (AvgIpc) is 3.17. The van der Waals surface area contributed by atoms with Gasteiger partial charge in [0.15, 0.2) is 0 Å². The lowest BCUT2D eigenvalue weighted by molar-refractivity contribution is 0.0781. The van der Waals surface area contributed by atoms with Crippen LogP contribution in [0.15, 0.2) is 30.3 Å². The van der Waals surface area contributed by atoms with E-state index in [0.717, 1.165) is 31.6 Å². The van der Waals surface area contributed by atoms with E-state index < -0.39 is 0 Å². The minimum absolute atomic E-state index is 0. The Morgan fingerprint density at radius 2 is 2.17 bits per heavy atom. The number of nitrogens with one attached hydrogen (secondary N) is 2. The summed E-state index contributed by atoms with van der Waals surface area (Å²) in [6, 6.07) is 7.79. The number of amides is 1. The maximum absolute atomic E-state index is 12.9. The maximum Gasteiger partial charge on any atom is 0.271 e. The van der Waals surface area contributed by atoms with Crippen LogP contribution in [0, 0.1) is 11.7 Å². The Hall–Kier alpha value is -1.92. The van der Waals surface area contributed by atoms with Gasteiger partial charge in [-0.3, -0.25) is 9.89 Å². The van der Waals surface area contributed by atoms with E-state index in [1.165, 1.54) is 12.1 Å². The van der Waals surface area contributed by atoms with Gasteiger partial charge in [-0.2, -0.15) is 5.10 Å². The first-order valence-corrected chi connectivity index (χ1v) is 7.42. The van der Waals surface area contributed by atoms with Crippen molar-refractivity contribution in [3.63, 3.8) is 0 Å². The molecule has 2 aromatic rings. The molecule has 2 N–H and O–H groups in total. The third-order valence-corrected chi connectivity index (χ3v) is 4.01. The van der Waals surface area contributed by atoms with E-state index in [9.17, 15) is 9.18 Å². The first kappa shape index (κ1) is 17.4. The fraction of sp³-hybridized carbons (Fsp3) is 0.375. The largest absolute Gasteiger partial charge is 0.337 e. The molecule has 0 saturated carbocycles. The van der Waals surface area contributed by atoms with Crippen LogP contribution in [0.1, 0.15) is 16.9 Å². The molecule has 1 aliphatic heterocycles. The van der Waals surface area contributed by atoms with Gasteiger partial charge in [-0.1, -0.05) is 0 Å². The second-order valence-corrected chi connectivity index (χ2v) is 5.64. The quantitative estimate of drug-likeness (QED) is 0.899. The predicted octanol–water partition coefficient (Wildman–Crippen LogP) is 2.32. The molecule has 23 heavy (non-hydrogen) atoms. The smallest absolute Gasteiger partial charge is 0.271 e. The molecule has 2 heterocycles. The van der Waals surface area contributed by atoms with Gasteiger partial charge in [-0.05, 0) is 56.3 Å². The lowest BCUT2D eigenvalue weighted by Crippen LogP contribution is -2.30. The highest BCUT2D eigenvalue weighted by molar-refractivity contribution is 5.93. The van der Waals surface area contributed by atoms with Crippen LogP contribution in [0.5, 0.6) is 0 Å². The standard InChI is InChI=1S/C16H19FN4O.ClH/c1-18-9-11-6-7-21(10-11)16(22)15-8-14(19-20-15)12-2-4-13(17)5-3-12;/h2-5,8,11,18H,6-7,9-10H2,1H3,(H,19,20);1H. The molecule has 1 saturated heterocycles. The van der Waals surface area contributed by atoms with Gasteiger partial charge < -0.3 is 10.2 Å². The summed E-state index contributed by atoms with van der Waals surface area (Å²) < 4.78 is 12.9. The van der Waals surface area contributed by atoms with Gasteiger partial charge in [-0.25, -0.2) is 4.39 Å². The zero-order valence-electron chi connectivity index (χ0n) is 12.9. The van der Waals surface area contributed by atoms with Gasteiger partial charge in [0, 0.05) is 18.7 Å². The SMILES string of the molecule is CNCC1CCN(C(=O)c2cc(-c3ccc(F)cc3)n[nH]2)C1.Cl. The van der Waals surface area contributed by atoms with E-state index in [0.29, 0.717) is 17.3 Å². The van der Waals surface area contributed by atoms with E-state index in [1.807, 2.05) is 11.9 Å². The highest BCUT2D eigenvalue weighted by Gasteiger charge is 2.27. The monoisotopic (exact) mass is 338 g/mol. The maximum atomic E-state index is 12.9. The fourth-order valence-corrected chi connectivity index (χ4v) is 2.84. The summed E-state index contributed by atoms with van der Waals surface area (Å²) >= 11 is 0. The molecule has 1 aromatic heterocycles. The molecule has 1 fully saturated rings. The van der Waals surface area contributed by atoms with Crippen LogP contribution in [0.2, 0.25) is 0 Å². The van der Waals surface area contributed by atoms with Crippen LogP contribution in [-0.2, 0) is 0 Å². The van der Waals surface area contributed by atoms with Crippen molar-refractivity contribution < 1.29 is 9.18 Å². The molecule has 1 aliphatic rings. The highest BCUT2D eigenvalue weighted by atomic mass is 35.5. The van der Waals surface area contributed by atoms with E-state index in [-0.39, 0.29) is 24.1 Å². The van der Waals surface area contributed by atoms with Crippen molar-refractivity contribution in [1.29, 1.82) is 0 Å². The number of nitrogens with zero attached hydrogens (tertiary/aromatic N) is 2. The number of hydrogen-bond donors (Lipinski definition) is 2. The number of rotatable bonds is 4. The molecule has 0 spiro atoms. The zero-order valence-corrected chi connectivity index (χ0v) is 13.7. The number of carbonyl (C=O) groups is 1. The predicted molar refractivity (Wildman–Crippen MR) is 89.2 cm³/mol. The number of hydrogen-bond acceptors (Lipinski definition) is 3. The van der Waals surface area contributed by atoms with Crippen molar-refractivity contribution in [2.24, 2.45) is 5.92 Å². The van der Waals surface area contributed by atoms with Crippen molar-refractivity contribution in [2.45, 2.75) is 6.42 Å². The highest BCUT2D eigenvalue weighted by Crippen LogP contribution is 2.21. The minimum Gasteiger partial charge on any atom is -0.337 e. The number of carbonyl (C=O) groups excluding carboxylic acids is 1. The van der Waals surface area contributed by atoms with E-state index in [1.54, 1.807) is 18.2 Å². The summed E-state index contributed by atoms with van der Waals surface area (Å²) in [4.78, 5) is 14.3. The van der Waals surface area contributed by atoms with E-state index in [4.69, 9.17) is 0 Å². The van der Waals surface area contributed by atoms with Crippen LogP contribution >= 0.6 is 12.4 Å². The van der Waals surface area contributed by atoms with Crippen LogP contribution < -0.4 is 5.32 Å². The number of aromatic amines is 1. The number of benzene rings is 1. The van der Waals surface area contributed by atoms with Crippen molar-refractivity contribution in [2.75, 3.05) is 26.7 Å². The molecule has 1 amide bonds. The van der Waals surface area contributed by atoms with Gasteiger partial charge in [0.05, 0.1) is 5.69 Å². The molecule has 5 nitrogen and oxygen atoms in total. The number of halogens is 2. The lowest BCUT2D eigenvalue weighted by Gasteiger charge is -2.15. The summed E-state index contributed by atoms with van der Waals surface area (Å²) in [5.74, 6) is 0.191. The lowest BCUT2D eigenvalue weighted by atomic mass is 10.1. The topological polar surface area (TPSA) is 61.0 Å². The molecule has 1 atom stereocenters. The zero-order chi connectivity index (χ0) is 15.5. The number of likely N-dealkylation sites (tertiary alicyclic amines) is 1. The first-order valence-electron chi connectivity index (χ1n) is 7.42. The third kappa shape index (κ3) is 3.89. The molecule has 0 aliphatic carbocycles. The summed E-state index contributed by atoms with van der Waals surface area (Å²) in [5.41, 5.74) is 1.91. The molecule has 124 valence electrons. The Kier molecular flexibility index (Phi) is 5.74. The molecule has 0 radical (unpaired) electrons. The normalized spacial score (nSPS) is 17.1. The van der Waals surface area contributed by atoms with Gasteiger partial charge in [0.25, 0.3) is 5.91 Å². The van der Waals surface area contributed by atoms with Crippen LogP contribution in [-0.4, -0.2) is 47.7 Å². The Morgan fingerprint density at radius 3 is 2.87 bits per heavy atom. The van der Waals surface area contributed by atoms with Crippen LogP contribution in [0.25, 0.3) is 11.3 Å². The average molecular weight is 339 g/mol. The molecular formula is C16H20ClFN4O. The second-order valence-electron chi connectivity index (χ2n) is 5.64. The summed E-state index contributed by atoms with van der Waals surface area (Å²) in [6.07, 6.45) is 1.02. The summed E-state index contributed by atoms with van der Waals surface area (Å²) in [7, 11) is 1.92. The molecule has 0 bridgehead atoms. The second kappa shape index (κ2) is 7.57. The Balaban J connectivity index is 0.00000192.